The molecule has 2 heterocycles. The van der Waals surface area contributed by atoms with Crippen molar-refractivity contribution in [1.29, 1.82) is 0 Å². The van der Waals surface area contributed by atoms with Crippen LogP contribution in [0.15, 0.2) is 47.8 Å². The molecule has 0 aliphatic carbocycles. The monoisotopic (exact) mass is 357 g/mol. The highest BCUT2D eigenvalue weighted by atomic mass is 32.1. The number of rotatable bonds is 6. The van der Waals surface area contributed by atoms with E-state index in [9.17, 15) is 9.59 Å². The number of carbonyl (C=O) groups excluding carboxylic acids is 2. The molecule has 6 heteroatoms. The number of thiophene rings is 1. The van der Waals surface area contributed by atoms with Gasteiger partial charge in [-0.2, -0.15) is 0 Å². The number of hydrogen-bond acceptors (Lipinski definition) is 4. The molecule has 1 unspecified atom stereocenters. The number of hydrogen-bond donors (Lipinski definition) is 3. The third kappa shape index (κ3) is 5.14. The molecule has 1 saturated heterocycles. The van der Waals surface area contributed by atoms with Crippen LogP contribution in [0.4, 0.5) is 0 Å². The van der Waals surface area contributed by atoms with Gasteiger partial charge in [-0.15, -0.1) is 11.3 Å². The number of benzene rings is 1. The number of carbonyl (C=O) groups is 2. The van der Waals surface area contributed by atoms with Gasteiger partial charge in [0.2, 0.25) is 5.91 Å². The van der Waals surface area contributed by atoms with Gasteiger partial charge >= 0.3 is 0 Å². The lowest BCUT2D eigenvalue weighted by atomic mass is 10.0. The minimum atomic E-state index is -0.584. The summed E-state index contributed by atoms with van der Waals surface area (Å²) in [6.45, 7) is 1.78. The van der Waals surface area contributed by atoms with Crippen LogP contribution in [0.5, 0.6) is 0 Å². The lowest BCUT2D eigenvalue weighted by molar-refractivity contribution is -0.123. The normalized spacial score (nSPS) is 18.3. The lowest BCUT2D eigenvalue weighted by Crippen LogP contribution is -2.53. The molecule has 2 atom stereocenters. The van der Waals surface area contributed by atoms with Gasteiger partial charge in [-0.1, -0.05) is 36.4 Å². The standard InChI is InChI=1S/C19H23N3O2S/c23-18(21-15-8-4-10-20-13-15)16(12-14-6-2-1-3-7-14)22-19(24)17-9-5-11-25-17/h1-3,5-7,9,11,15-16,20H,4,8,10,12-13H2,(H,21,23)(H,22,24)/t15-,16?/m0/s1. The smallest absolute Gasteiger partial charge is 0.262 e. The summed E-state index contributed by atoms with van der Waals surface area (Å²) in [6, 6.07) is 12.9. The van der Waals surface area contributed by atoms with Crippen molar-refractivity contribution in [1.82, 2.24) is 16.0 Å². The van der Waals surface area contributed by atoms with Crippen LogP contribution in [0.25, 0.3) is 0 Å². The molecule has 132 valence electrons. The van der Waals surface area contributed by atoms with Gasteiger partial charge in [0.25, 0.3) is 5.91 Å². The average Bonchev–Trinajstić information content (AvgIpc) is 3.18. The van der Waals surface area contributed by atoms with E-state index in [0.29, 0.717) is 11.3 Å². The van der Waals surface area contributed by atoms with Crippen LogP contribution >= 0.6 is 11.3 Å². The zero-order valence-electron chi connectivity index (χ0n) is 14.0. The minimum absolute atomic E-state index is 0.123. The third-order valence-electron chi connectivity index (χ3n) is 4.29. The average molecular weight is 357 g/mol. The van der Waals surface area contributed by atoms with Crippen LogP contribution in [0.2, 0.25) is 0 Å². The summed E-state index contributed by atoms with van der Waals surface area (Å²) in [7, 11) is 0. The highest BCUT2D eigenvalue weighted by Crippen LogP contribution is 2.10. The molecule has 1 aromatic carbocycles. The highest BCUT2D eigenvalue weighted by molar-refractivity contribution is 7.12. The van der Waals surface area contributed by atoms with Crippen molar-refractivity contribution in [2.75, 3.05) is 13.1 Å². The van der Waals surface area contributed by atoms with Crippen molar-refractivity contribution in [2.45, 2.75) is 31.3 Å². The molecular weight excluding hydrogens is 334 g/mol. The van der Waals surface area contributed by atoms with Crippen molar-refractivity contribution >= 4 is 23.2 Å². The van der Waals surface area contributed by atoms with Gasteiger partial charge in [0.05, 0.1) is 4.88 Å². The Hall–Kier alpha value is -2.18. The summed E-state index contributed by atoms with van der Waals surface area (Å²) >= 11 is 1.37. The Kier molecular flexibility index (Phi) is 6.19. The first-order valence-electron chi connectivity index (χ1n) is 8.62. The van der Waals surface area contributed by atoms with Crippen molar-refractivity contribution in [3.63, 3.8) is 0 Å². The van der Waals surface area contributed by atoms with E-state index in [4.69, 9.17) is 0 Å². The van der Waals surface area contributed by atoms with E-state index < -0.39 is 6.04 Å². The molecule has 5 nitrogen and oxygen atoms in total. The Bertz CT molecular complexity index is 682. The Morgan fingerprint density at radius 2 is 2.04 bits per heavy atom. The van der Waals surface area contributed by atoms with E-state index in [-0.39, 0.29) is 17.9 Å². The lowest BCUT2D eigenvalue weighted by Gasteiger charge is -2.26. The Balaban J connectivity index is 1.68. The quantitative estimate of drug-likeness (QED) is 0.740. The first-order chi connectivity index (χ1) is 12.2. The van der Waals surface area contributed by atoms with Crippen LogP contribution in [-0.4, -0.2) is 37.0 Å². The van der Waals surface area contributed by atoms with Crippen molar-refractivity contribution in [3.05, 3.63) is 58.3 Å². The fourth-order valence-electron chi connectivity index (χ4n) is 2.97. The van der Waals surface area contributed by atoms with Crippen LogP contribution in [0.1, 0.15) is 28.1 Å². The van der Waals surface area contributed by atoms with Gasteiger partial charge in [-0.3, -0.25) is 9.59 Å². The molecule has 1 aromatic heterocycles. The molecule has 0 saturated carbocycles. The van der Waals surface area contributed by atoms with Crippen molar-refractivity contribution < 1.29 is 9.59 Å². The molecule has 25 heavy (non-hydrogen) atoms. The van der Waals surface area contributed by atoms with Crippen molar-refractivity contribution in [3.8, 4) is 0 Å². The summed E-state index contributed by atoms with van der Waals surface area (Å²) in [5.74, 6) is -0.324. The van der Waals surface area contributed by atoms with Gasteiger partial charge in [0.1, 0.15) is 6.04 Å². The van der Waals surface area contributed by atoms with E-state index in [1.165, 1.54) is 11.3 Å². The summed E-state index contributed by atoms with van der Waals surface area (Å²) < 4.78 is 0. The summed E-state index contributed by atoms with van der Waals surface area (Å²) in [5.41, 5.74) is 1.02. The second-order valence-corrected chi connectivity index (χ2v) is 7.19. The fraction of sp³-hybridized carbons (Fsp3) is 0.368. The van der Waals surface area contributed by atoms with Gasteiger partial charge < -0.3 is 16.0 Å². The first kappa shape index (κ1) is 17.6. The van der Waals surface area contributed by atoms with E-state index in [2.05, 4.69) is 16.0 Å². The van der Waals surface area contributed by atoms with Gasteiger partial charge in [-0.05, 0) is 36.4 Å². The van der Waals surface area contributed by atoms with Crippen LogP contribution in [0.3, 0.4) is 0 Å². The van der Waals surface area contributed by atoms with E-state index >= 15 is 0 Å². The summed E-state index contributed by atoms with van der Waals surface area (Å²) in [6.07, 6.45) is 2.50. The molecule has 1 aliphatic rings. The largest absolute Gasteiger partial charge is 0.350 e. The van der Waals surface area contributed by atoms with Gasteiger partial charge in [0, 0.05) is 19.0 Å². The maximum atomic E-state index is 12.8. The van der Waals surface area contributed by atoms with Crippen LogP contribution < -0.4 is 16.0 Å². The zero-order valence-corrected chi connectivity index (χ0v) is 14.9. The molecular formula is C19H23N3O2S. The number of amides is 2. The number of piperidine rings is 1. The molecule has 3 N–H and O–H groups in total. The Labute approximate surface area is 151 Å². The van der Waals surface area contributed by atoms with Crippen LogP contribution in [-0.2, 0) is 11.2 Å². The van der Waals surface area contributed by atoms with E-state index in [1.54, 1.807) is 6.07 Å². The first-order valence-corrected chi connectivity index (χ1v) is 9.50. The zero-order chi connectivity index (χ0) is 17.5. The predicted octanol–water partition coefficient (Wildman–Crippen LogP) is 1.96. The topological polar surface area (TPSA) is 70.2 Å². The Morgan fingerprint density at radius 3 is 2.72 bits per heavy atom. The predicted molar refractivity (Wildman–Crippen MR) is 99.8 cm³/mol. The van der Waals surface area contributed by atoms with Gasteiger partial charge in [-0.25, -0.2) is 0 Å². The number of nitrogens with one attached hydrogen (secondary N) is 3. The van der Waals surface area contributed by atoms with Crippen LogP contribution in [0, 0.1) is 0 Å². The fourth-order valence-corrected chi connectivity index (χ4v) is 3.60. The summed E-state index contributed by atoms with van der Waals surface area (Å²) in [4.78, 5) is 25.8. The highest BCUT2D eigenvalue weighted by Gasteiger charge is 2.25. The molecule has 0 spiro atoms. The molecule has 0 bridgehead atoms. The van der Waals surface area contributed by atoms with Crippen molar-refractivity contribution in [2.24, 2.45) is 0 Å². The Morgan fingerprint density at radius 1 is 1.20 bits per heavy atom. The molecule has 0 radical (unpaired) electrons. The molecule has 3 rings (SSSR count). The molecule has 2 aromatic rings. The molecule has 1 aliphatic heterocycles. The SMILES string of the molecule is O=C(NC(Cc1ccccc1)C(=O)N[C@H]1CCCNC1)c1cccs1. The molecule has 1 fully saturated rings. The third-order valence-corrected chi connectivity index (χ3v) is 5.16. The minimum Gasteiger partial charge on any atom is -0.350 e. The maximum Gasteiger partial charge on any atom is 0.262 e. The molecule has 2 amide bonds. The van der Waals surface area contributed by atoms with Gasteiger partial charge in [0.15, 0.2) is 0 Å². The maximum absolute atomic E-state index is 12.8. The second-order valence-electron chi connectivity index (χ2n) is 6.24. The van der Waals surface area contributed by atoms with E-state index in [0.717, 1.165) is 31.5 Å². The van der Waals surface area contributed by atoms with E-state index in [1.807, 2.05) is 41.8 Å². The summed E-state index contributed by atoms with van der Waals surface area (Å²) in [5, 5.41) is 11.1. The second kappa shape index (κ2) is 8.78.